The third kappa shape index (κ3) is 5.53. The van der Waals surface area contributed by atoms with E-state index in [1.807, 2.05) is 26.0 Å². The summed E-state index contributed by atoms with van der Waals surface area (Å²) in [7, 11) is 0. The number of nitrogens with zero attached hydrogens (tertiary/aromatic N) is 1. The summed E-state index contributed by atoms with van der Waals surface area (Å²) in [4.78, 5) is 12.0. The van der Waals surface area contributed by atoms with E-state index < -0.39 is 0 Å². The number of ether oxygens (including phenoxy) is 2. The van der Waals surface area contributed by atoms with Crippen LogP contribution in [-0.4, -0.2) is 29.9 Å². The predicted octanol–water partition coefficient (Wildman–Crippen LogP) is 3.10. The molecular formula is C19H22N2O4. The fraction of sp³-hybridized carbons (Fsp3) is 0.263. The summed E-state index contributed by atoms with van der Waals surface area (Å²) in [6.45, 7) is 4.17. The van der Waals surface area contributed by atoms with Crippen LogP contribution in [0.25, 0.3) is 0 Å². The maximum atomic E-state index is 12.0. The van der Waals surface area contributed by atoms with Crippen LogP contribution in [0.3, 0.4) is 0 Å². The fourth-order valence-corrected chi connectivity index (χ4v) is 2.15. The summed E-state index contributed by atoms with van der Waals surface area (Å²) < 4.78 is 10.9. The molecule has 0 aliphatic heterocycles. The normalized spacial score (nSPS) is 11.0. The van der Waals surface area contributed by atoms with E-state index in [1.54, 1.807) is 36.4 Å². The molecule has 0 bridgehead atoms. The van der Waals surface area contributed by atoms with Crippen LogP contribution < -0.4 is 14.9 Å². The van der Waals surface area contributed by atoms with Crippen LogP contribution in [-0.2, 0) is 4.79 Å². The van der Waals surface area contributed by atoms with Gasteiger partial charge < -0.3 is 14.6 Å². The minimum Gasteiger partial charge on any atom is -0.508 e. The SMILES string of the molecule is CCOc1ccccc1OCC(=O)N/N=C(\CC)c1ccc(O)cc1. The van der Waals surface area contributed by atoms with Gasteiger partial charge in [0.15, 0.2) is 18.1 Å². The van der Waals surface area contributed by atoms with Gasteiger partial charge in [-0.2, -0.15) is 5.10 Å². The highest BCUT2D eigenvalue weighted by molar-refractivity contribution is 6.01. The molecule has 0 atom stereocenters. The first-order valence-electron chi connectivity index (χ1n) is 8.13. The van der Waals surface area contributed by atoms with Crippen LogP contribution in [0.5, 0.6) is 17.2 Å². The highest BCUT2D eigenvalue weighted by atomic mass is 16.5. The smallest absolute Gasteiger partial charge is 0.277 e. The Morgan fingerprint density at radius 2 is 1.68 bits per heavy atom. The van der Waals surface area contributed by atoms with Crippen molar-refractivity contribution < 1.29 is 19.4 Å². The molecule has 2 rings (SSSR count). The molecule has 0 fully saturated rings. The van der Waals surface area contributed by atoms with Gasteiger partial charge in [-0.25, -0.2) is 5.43 Å². The predicted molar refractivity (Wildman–Crippen MR) is 96.2 cm³/mol. The lowest BCUT2D eigenvalue weighted by atomic mass is 10.1. The van der Waals surface area contributed by atoms with Gasteiger partial charge in [0.2, 0.25) is 0 Å². The van der Waals surface area contributed by atoms with Gasteiger partial charge in [-0.3, -0.25) is 4.79 Å². The largest absolute Gasteiger partial charge is 0.508 e. The Labute approximate surface area is 147 Å². The summed E-state index contributed by atoms with van der Waals surface area (Å²) in [5.41, 5.74) is 4.04. The second-order valence-electron chi connectivity index (χ2n) is 5.16. The summed E-state index contributed by atoms with van der Waals surface area (Å²) >= 11 is 0. The number of rotatable bonds is 8. The number of carbonyl (C=O) groups excluding carboxylic acids is 1. The minimum atomic E-state index is -0.365. The van der Waals surface area contributed by atoms with Gasteiger partial charge in [0.1, 0.15) is 5.75 Å². The second kappa shape index (κ2) is 9.32. The van der Waals surface area contributed by atoms with Crippen molar-refractivity contribution in [3.63, 3.8) is 0 Å². The van der Waals surface area contributed by atoms with Gasteiger partial charge in [0.05, 0.1) is 12.3 Å². The Kier molecular flexibility index (Phi) is 6.83. The number of phenolic OH excluding ortho intramolecular Hbond substituents is 1. The van der Waals surface area contributed by atoms with Gasteiger partial charge in [-0.1, -0.05) is 19.1 Å². The van der Waals surface area contributed by atoms with Crippen LogP contribution in [0.2, 0.25) is 0 Å². The van der Waals surface area contributed by atoms with Crippen molar-refractivity contribution in [3.05, 3.63) is 54.1 Å². The number of hydrazone groups is 1. The molecule has 0 spiro atoms. The van der Waals surface area contributed by atoms with Crippen molar-refractivity contribution >= 4 is 11.6 Å². The molecule has 2 aromatic carbocycles. The third-order valence-electron chi connectivity index (χ3n) is 3.36. The molecule has 0 saturated heterocycles. The molecule has 2 N–H and O–H groups in total. The molecule has 0 aromatic heterocycles. The molecule has 1 amide bonds. The van der Waals surface area contributed by atoms with E-state index in [4.69, 9.17) is 9.47 Å². The number of phenols is 1. The number of amides is 1. The Hall–Kier alpha value is -3.02. The third-order valence-corrected chi connectivity index (χ3v) is 3.36. The van der Waals surface area contributed by atoms with Crippen LogP contribution >= 0.6 is 0 Å². The Bertz CT molecular complexity index is 726. The molecule has 2 aromatic rings. The molecule has 6 nitrogen and oxygen atoms in total. The van der Waals surface area contributed by atoms with Gasteiger partial charge >= 0.3 is 0 Å². The van der Waals surface area contributed by atoms with Gasteiger partial charge in [-0.15, -0.1) is 0 Å². The average molecular weight is 342 g/mol. The standard InChI is InChI=1S/C19H22N2O4/c1-3-16(14-9-11-15(22)12-10-14)20-21-19(23)13-25-18-8-6-5-7-17(18)24-4-2/h5-12,22H,3-4,13H2,1-2H3,(H,21,23)/b20-16+. The number of para-hydroxylation sites is 2. The number of nitrogens with one attached hydrogen (secondary N) is 1. The lowest BCUT2D eigenvalue weighted by Gasteiger charge is -2.11. The van der Waals surface area contributed by atoms with Crippen molar-refractivity contribution in [2.75, 3.05) is 13.2 Å². The van der Waals surface area contributed by atoms with E-state index in [2.05, 4.69) is 10.5 Å². The summed E-state index contributed by atoms with van der Waals surface area (Å²) in [6, 6.07) is 13.8. The Morgan fingerprint density at radius 1 is 1.04 bits per heavy atom. The molecule has 0 aliphatic rings. The average Bonchev–Trinajstić information content (AvgIpc) is 2.63. The van der Waals surface area contributed by atoms with Crippen LogP contribution in [0.4, 0.5) is 0 Å². The number of hydrogen-bond donors (Lipinski definition) is 2. The van der Waals surface area contributed by atoms with E-state index in [9.17, 15) is 9.90 Å². The van der Waals surface area contributed by atoms with Crippen molar-refractivity contribution in [3.8, 4) is 17.2 Å². The van der Waals surface area contributed by atoms with E-state index in [-0.39, 0.29) is 18.3 Å². The lowest BCUT2D eigenvalue weighted by Crippen LogP contribution is -2.26. The molecule has 0 aliphatic carbocycles. The lowest BCUT2D eigenvalue weighted by molar-refractivity contribution is -0.123. The first-order chi connectivity index (χ1) is 12.1. The molecule has 0 radical (unpaired) electrons. The monoisotopic (exact) mass is 342 g/mol. The quantitative estimate of drug-likeness (QED) is 0.571. The number of hydrogen-bond acceptors (Lipinski definition) is 5. The van der Waals surface area contributed by atoms with E-state index >= 15 is 0 Å². The van der Waals surface area contributed by atoms with Gasteiger partial charge in [0, 0.05) is 0 Å². The molecule has 0 unspecified atom stereocenters. The molecule has 0 heterocycles. The number of carbonyl (C=O) groups is 1. The van der Waals surface area contributed by atoms with Crippen LogP contribution in [0.15, 0.2) is 53.6 Å². The summed E-state index contributed by atoms with van der Waals surface area (Å²) in [6.07, 6.45) is 0.638. The number of aromatic hydroxyl groups is 1. The van der Waals surface area contributed by atoms with E-state index in [1.165, 1.54) is 0 Å². The van der Waals surface area contributed by atoms with Crippen molar-refractivity contribution in [2.45, 2.75) is 20.3 Å². The highest BCUT2D eigenvalue weighted by Gasteiger charge is 2.08. The molecule has 132 valence electrons. The highest BCUT2D eigenvalue weighted by Crippen LogP contribution is 2.26. The maximum Gasteiger partial charge on any atom is 0.277 e. The zero-order chi connectivity index (χ0) is 18.1. The van der Waals surface area contributed by atoms with Gasteiger partial charge in [0.25, 0.3) is 5.91 Å². The van der Waals surface area contributed by atoms with Gasteiger partial charge in [-0.05, 0) is 55.3 Å². The second-order valence-corrected chi connectivity index (χ2v) is 5.16. The molecule has 6 heteroatoms. The minimum absolute atomic E-state index is 0.167. The maximum absolute atomic E-state index is 12.0. The fourth-order valence-electron chi connectivity index (χ4n) is 2.15. The Morgan fingerprint density at radius 3 is 2.28 bits per heavy atom. The molecule has 25 heavy (non-hydrogen) atoms. The topological polar surface area (TPSA) is 80.2 Å². The van der Waals surface area contributed by atoms with Crippen LogP contribution in [0.1, 0.15) is 25.8 Å². The zero-order valence-electron chi connectivity index (χ0n) is 14.4. The molecular weight excluding hydrogens is 320 g/mol. The van der Waals surface area contributed by atoms with Crippen LogP contribution in [0, 0.1) is 0 Å². The summed E-state index contributed by atoms with van der Waals surface area (Å²) in [5, 5.41) is 13.5. The van der Waals surface area contributed by atoms with E-state index in [0.29, 0.717) is 30.2 Å². The van der Waals surface area contributed by atoms with E-state index in [0.717, 1.165) is 5.56 Å². The number of benzene rings is 2. The first kappa shape index (κ1) is 18.3. The van der Waals surface area contributed by atoms with Crippen molar-refractivity contribution in [2.24, 2.45) is 5.10 Å². The summed E-state index contributed by atoms with van der Waals surface area (Å²) in [5.74, 6) is 0.929. The Balaban J connectivity index is 1.94. The first-order valence-corrected chi connectivity index (χ1v) is 8.13. The van der Waals surface area contributed by atoms with Crippen molar-refractivity contribution in [1.82, 2.24) is 5.43 Å². The zero-order valence-corrected chi connectivity index (χ0v) is 14.4. The molecule has 0 saturated carbocycles. The van der Waals surface area contributed by atoms with Crippen molar-refractivity contribution in [1.29, 1.82) is 0 Å².